The van der Waals surface area contributed by atoms with Gasteiger partial charge in [-0.3, -0.25) is 14.5 Å². The number of benzene rings is 1. The average Bonchev–Trinajstić information content (AvgIpc) is 3.28. The molecule has 0 spiro atoms. The van der Waals surface area contributed by atoms with Gasteiger partial charge in [0, 0.05) is 4.47 Å². The van der Waals surface area contributed by atoms with Crippen LogP contribution in [-0.4, -0.2) is 41.3 Å². The van der Waals surface area contributed by atoms with E-state index in [2.05, 4.69) is 36.6 Å². The lowest BCUT2D eigenvalue weighted by molar-refractivity contribution is -0.123. The maximum atomic E-state index is 12.7. The molecule has 0 saturated carbocycles. The van der Waals surface area contributed by atoms with E-state index < -0.39 is 17.1 Å². The number of furan rings is 1. The number of halogens is 2. The molecule has 0 bridgehead atoms. The van der Waals surface area contributed by atoms with Crippen LogP contribution in [0.3, 0.4) is 0 Å². The first-order valence-electron chi connectivity index (χ1n) is 7.94. The molecule has 1 aliphatic rings. The van der Waals surface area contributed by atoms with Crippen molar-refractivity contribution in [1.82, 2.24) is 4.90 Å². The highest BCUT2D eigenvalue weighted by Gasteiger charge is 2.36. The smallest absolute Gasteiger partial charge is 0.373 e. The Labute approximate surface area is 186 Å². The molecule has 2 amide bonds. The summed E-state index contributed by atoms with van der Waals surface area (Å²) < 4.78 is 15.9. The van der Waals surface area contributed by atoms with Crippen LogP contribution in [0.15, 0.2) is 36.5 Å². The number of aromatic hydroxyl groups is 1. The summed E-state index contributed by atoms with van der Waals surface area (Å²) in [7, 11) is 2.62. The maximum absolute atomic E-state index is 12.7. The number of hydrogen-bond acceptors (Lipinski definition) is 8. The molecule has 1 aromatic heterocycles. The molecule has 11 heteroatoms. The van der Waals surface area contributed by atoms with Crippen LogP contribution in [0.5, 0.6) is 11.5 Å². The first-order chi connectivity index (χ1) is 13.8. The molecule has 0 atom stereocenters. The van der Waals surface area contributed by atoms with Crippen molar-refractivity contribution >= 4 is 66.8 Å². The molecule has 8 nitrogen and oxygen atoms in total. The van der Waals surface area contributed by atoms with E-state index in [9.17, 15) is 19.5 Å². The van der Waals surface area contributed by atoms with Gasteiger partial charge >= 0.3 is 5.97 Å². The van der Waals surface area contributed by atoms with E-state index in [0.29, 0.717) is 14.5 Å². The van der Waals surface area contributed by atoms with Crippen LogP contribution in [0, 0.1) is 0 Å². The summed E-state index contributed by atoms with van der Waals surface area (Å²) in [5, 5.41) is 9.55. The minimum atomic E-state index is -0.651. The summed E-state index contributed by atoms with van der Waals surface area (Å²) in [5.41, 5.74) is 0.531. The Hall–Kier alpha value is -2.24. The topological polar surface area (TPSA) is 106 Å². The molecule has 1 aromatic carbocycles. The van der Waals surface area contributed by atoms with Crippen LogP contribution < -0.4 is 4.74 Å². The second kappa shape index (κ2) is 8.64. The van der Waals surface area contributed by atoms with E-state index in [1.807, 2.05) is 0 Å². The van der Waals surface area contributed by atoms with Crippen molar-refractivity contribution in [3.8, 4) is 11.5 Å². The molecule has 152 valence electrons. The predicted molar refractivity (Wildman–Crippen MR) is 112 cm³/mol. The number of ether oxygens (including phenoxy) is 2. The van der Waals surface area contributed by atoms with E-state index in [0.717, 1.165) is 16.7 Å². The van der Waals surface area contributed by atoms with Gasteiger partial charge in [-0.25, -0.2) is 4.79 Å². The summed E-state index contributed by atoms with van der Waals surface area (Å²) in [6, 6.07) is 4.44. The standard InChI is InChI=1S/C18H13Br2NO7S/c1-26-11-5-8(13(19)14(20)15(11)22)6-12-16(23)21(18(25)29-12)7-9-3-4-10(28-9)17(24)27-2/h3-6,22H,7H2,1-2H3/b12-6+. The average molecular weight is 547 g/mol. The van der Waals surface area contributed by atoms with Crippen molar-refractivity contribution in [3.63, 3.8) is 0 Å². The Kier molecular flexibility index (Phi) is 6.39. The van der Waals surface area contributed by atoms with Crippen molar-refractivity contribution in [1.29, 1.82) is 0 Å². The first kappa shape index (κ1) is 21.5. The van der Waals surface area contributed by atoms with Gasteiger partial charge in [0.2, 0.25) is 5.76 Å². The molecule has 0 radical (unpaired) electrons. The molecule has 0 unspecified atom stereocenters. The number of carbonyl (C=O) groups is 3. The third kappa shape index (κ3) is 4.21. The molecule has 2 heterocycles. The highest BCUT2D eigenvalue weighted by molar-refractivity contribution is 9.13. The number of hydrogen-bond donors (Lipinski definition) is 1. The van der Waals surface area contributed by atoms with Crippen LogP contribution in [0.25, 0.3) is 6.08 Å². The van der Waals surface area contributed by atoms with Gasteiger partial charge in [0.05, 0.1) is 30.1 Å². The van der Waals surface area contributed by atoms with Crippen LogP contribution in [0.4, 0.5) is 4.79 Å². The molecule has 1 fully saturated rings. The van der Waals surface area contributed by atoms with Gasteiger partial charge in [-0.2, -0.15) is 0 Å². The molecule has 29 heavy (non-hydrogen) atoms. The van der Waals surface area contributed by atoms with Crippen molar-refractivity contribution < 1.29 is 33.4 Å². The van der Waals surface area contributed by atoms with Gasteiger partial charge in [-0.15, -0.1) is 0 Å². The number of thioether (sulfide) groups is 1. The monoisotopic (exact) mass is 545 g/mol. The van der Waals surface area contributed by atoms with Crippen LogP contribution in [0.1, 0.15) is 21.9 Å². The van der Waals surface area contributed by atoms with Gasteiger partial charge in [-0.05, 0) is 73.5 Å². The number of rotatable bonds is 5. The number of phenolic OH excluding ortho intramolecular Hbond substituents is 1. The predicted octanol–water partition coefficient (Wildman–Crippen LogP) is 4.54. The highest BCUT2D eigenvalue weighted by Crippen LogP contribution is 2.43. The van der Waals surface area contributed by atoms with Gasteiger partial charge in [-0.1, -0.05) is 0 Å². The second-order valence-corrected chi connectivity index (χ2v) is 8.25. The van der Waals surface area contributed by atoms with E-state index >= 15 is 0 Å². The normalized spacial score (nSPS) is 15.3. The van der Waals surface area contributed by atoms with Gasteiger partial charge < -0.3 is 19.0 Å². The number of phenols is 1. The fourth-order valence-electron chi connectivity index (χ4n) is 2.48. The van der Waals surface area contributed by atoms with Crippen LogP contribution >= 0.6 is 43.6 Å². The Balaban J connectivity index is 1.86. The van der Waals surface area contributed by atoms with Gasteiger partial charge in [0.1, 0.15) is 5.76 Å². The largest absolute Gasteiger partial charge is 0.503 e. The number of amides is 2. The summed E-state index contributed by atoms with van der Waals surface area (Å²) in [6.45, 7) is -0.122. The zero-order valence-corrected chi connectivity index (χ0v) is 19.0. The van der Waals surface area contributed by atoms with Crippen molar-refractivity contribution in [3.05, 3.63) is 49.1 Å². The Morgan fingerprint density at radius 2 is 2.00 bits per heavy atom. The second-order valence-electron chi connectivity index (χ2n) is 5.67. The number of imide groups is 1. The zero-order chi connectivity index (χ0) is 21.3. The van der Waals surface area contributed by atoms with E-state index in [4.69, 9.17) is 9.15 Å². The highest BCUT2D eigenvalue weighted by atomic mass is 79.9. The number of methoxy groups -OCH3 is 2. The number of nitrogens with zero attached hydrogens (tertiary/aromatic N) is 1. The lowest BCUT2D eigenvalue weighted by Crippen LogP contribution is -2.27. The quantitative estimate of drug-likeness (QED) is 0.430. The third-order valence-electron chi connectivity index (χ3n) is 3.92. The summed E-state index contributed by atoms with van der Waals surface area (Å²) in [4.78, 5) is 37.7. The maximum Gasteiger partial charge on any atom is 0.373 e. The van der Waals surface area contributed by atoms with Crippen molar-refractivity contribution in [2.75, 3.05) is 14.2 Å². The molecular weight excluding hydrogens is 534 g/mol. The molecule has 3 rings (SSSR count). The van der Waals surface area contributed by atoms with Crippen LogP contribution in [0.2, 0.25) is 0 Å². The lowest BCUT2D eigenvalue weighted by atomic mass is 10.2. The molecule has 1 saturated heterocycles. The third-order valence-corrected chi connectivity index (χ3v) is 6.98. The molecule has 0 aliphatic carbocycles. The molecule has 1 N–H and O–H groups in total. The Bertz CT molecular complexity index is 1050. The van der Waals surface area contributed by atoms with Crippen molar-refractivity contribution in [2.24, 2.45) is 0 Å². The fraction of sp³-hybridized carbons (Fsp3) is 0.167. The van der Waals surface area contributed by atoms with E-state index in [1.54, 1.807) is 0 Å². The van der Waals surface area contributed by atoms with Crippen LogP contribution in [-0.2, 0) is 16.1 Å². The minimum Gasteiger partial charge on any atom is -0.503 e. The zero-order valence-electron chi connectivity index (χ0n) is 15.0. The first-order valence-corrected chi connectivity index (χ1v) is 10.3. The van der Waals surface area contributed by atoms with E-state index in [-0.39, 0.29) is 34.5 Å². The summed E-state index contributed by atoms with van der Waals surface area (Å²) >= 11 is 7.36. The van der Waals surface area contributed by atoms with E-state index in [1.165, 1.54) is 38.5 Å². The fourth-order valence-corrected chi connectivity index (χ4v) is 4.15. The van der Waals surface area contributed by atoms with Gasteiger partial charge in [0.15, 0.2) is 11.5 Å². The molecular formula is C18H13Br2NO7S. The Morgan fingerprint density at radius 3 is 2.66 bits per heavy atom. The molecule has 1 aliphatic heterocycles. The number of esters is 1. The number of carbonyl (C=O) groups excluding carboxylic acids is 3. The summed E-state index contributed by atoms with van der Waals surface area (Å²) in [5.74, 6) is -0.799. The van der Waals surface area contributed by atoms with Crippen molar-refractivity contribution in [2.45, 2.75) is 6.54 Å². The lowest BCUT2D eigenvalue weighted by Gasteiger charge is -2.11. The molecule has 2 aromatic rings. The SMILES string of the molecule is COC(=O)c1ccc(CN2C(=O)S/C(=C/c3cc(OC)c(O)c(Br)c3Br)C2=O)o1. The summed E-state index contributed by atoms with van der Waals surface area (Å²) in [6.07, 6.45) is 1.52. The van der Waals surface area contributed by atoms with Gasteiger partial charge in [0.25, 0.3) is 11.1 Å². The Morgan fingerprint density at radius 1 is 1.28 bits per heavy atom. The minimum absolute atomic E-state index is 0.0185.